The molecule has 5 aromatic rings. The van der Waals surface area contributed by atoms with E-state index in [4.69, 9.17) is 4.74 Å². The molecule has 3 aromatic heterocycles. The molecular weight excluding hydrogens is 587 g/mol. The van der Waals surface area contributed by atoms with Crippen molar-refractivity contribution in [1.82, 2.24) is 29.8 Å². The van der Waals surface area contributed by atoms with E-state index in [2.05, 4.69) is 40.9 Å². The fourth-order valence-corrected chi connectivity index (χ4v) is 4.21. The number of nitrogens with zero attached hydrogens (tertiary/aromatic N) is 6. The molecule has 0 saturated carbocycles. The topological polar surface area (TPSA) is 130 Å². The fourth-order valence-electron chi connectivity index (χ4n) is 4.21. The van der Waals surface area contributed by atoms with Gasteiger partial charge in [-0.3, -0.25) is 9.78 Å². The van der Waals surface area contributed by atoms with Crippen molar-refractivity contribution in [2.45, 2.75) is 19.6 Å². The second-order valence-electron chi connectivity index (χ2n) is 10.4. The molecule has 45 heavy (non-hydrogen) atoms. The molecule has 3 N–H and O–H groups in total. The molecule has 0 unspecified atom stereocenters. The summed E-state index contributed by atoms with van der Waals surface area (Å²) in [5, 5.41) is 8.94. The van der Waals surface area contributed by atoms with Gasteiger partial charge in [0.1, 0.15) is 29.7 Å². The van der Waals surface area contributed by atoms with Crippen molar-refractivity contribution in [1.29, 1.82) is 0 Å². The molecule has 2 aromatic carbocycles. The van der Waals surface area contributed by atoms with E-state index in [0.717, 1.165) is 23.3 Å². The molecule has 0 bridgehead atoms. The third-order valence-electron chi connectivity index (χ3n) is 6.60. The quantitative estimate of drug-likeness (QED) is 0.170. The van der Waals surface area contributed by atoms with Crippen molar-refractivity contribution >= 4 is 40.1 Å². The molecule has 0 radical (unpaired) electrons. The Morgan fingerprint density at radius 1 is 1.02 bits per heavy atom. The zero-order valence-electron chi connectivity index (χ0n) is 24.7. The van der Waals surface area contributed by atoms with Gasteiger partial charge in [0.25, 0.3) is 5.91 Å². The van der Waals surface area contributed by atoms with Gasteiger partial charge in [-0.15, -0.1) is 0 Å². The highest BCUT2D eigenvalue weighted by molar-refractivity contribution is 6.05. The van der Waals surface area contributed by atoms with Gasteiger partial charge in [-0.1, -0.05) is 12.1 Å². The maximum atomic E-state index is 13.6. The monoisotopic (exact) mass is 617 g/mol. The van der Waals surface area contributed by atoms with Crippen LogP contribution in [0.15, 0.2) is 73.4 Å². The minimum atomic E-state index is -4.63. The lowest BCUT2D eigenvalue weighted by Crippen LogP contribution is -2.20. The molecule has 14 heteroatoms. The van der Waals surface area contributed by atoms with Gasteiger partial charge >= 0.3 is 6.18 Å². The Kier molecular flexibility index (Phi) is 9.33. The number of carbonyl (C=O) groups is 1. The van der Waals surface area contributed by atoms with Crippen LogP contribution in [0.4, 0.5) is 36.3 Å². The molecule has 0 saturated heterocycles. The van der Waals surface area contributed by atoms with Crippen molar-refractivity contribution in [3.05, 3.63) is 95.7 Å². The average Bonchev–Trinajstić information content (AvgIpc) is 3.01. The number of amides is 1. The number of benzene rings is 2. The number of likely N-dealkylation sites (N-methyl/N-ethyl adjacent to an activating group) is 1. The fraction of sp³-hybridized carbons (Fsp3) is 0.226. The Balaban J connectivity index is 1.36. The predicted octanol–water partition coefficient (Wildman–Crippen LogP) is 5.69. The van der Waals surface area contributed by atoms with Crippen LogP contribution in [0.1, 0.15) is 27.0 Å². The maximum Gasteiger partial charge on any atom is 0.416 e. The van der Waals surface area contributed by atoms with Crippen LogP contribution in [0.5, 0.6) is 5.75 Å². The van der Waals surface area contributed by atoms with Crippen molar-refractivity contribution in [2.75, 3.05) is 43.2 Å². The average molecular weight is 618 g/mol. The smallest absolute Gasteiger partial charge is 0.416 e. The summed E-state index contributed by atoms with van der Waals surface area (Å²) in [6, 6.07) is 11.8. The highest BCUT2D eigenvalue weighted by atomic mass is 19.4. The van der Waals surface area contributed by atoms with E-state index in [-0.39, 0.29) is 23.6 Å². The van der Waals surface area contributed by atoms with Crippen LogP contribution in [-0.2, 0) is 12.7 Å². The Labute approximate surface area is 256 Å². The van der Waals surface area contributed by atoms with Gasteiger partial charge in [-0.2, -0.15) is 13.2 Å². The first-order valence-electron chi connectivity index (χ1n) is 13.8. The SMILES string of the molecule is Cc1ccc(C(=O)Nc2cc(OCCN(C)C)cc(C(F)(F)F)c2)cc1Nc1ncnc2cnc(NCc3cccnc3)nc12. The number of carbonyl (C=O) groups excluding carboxylic acids is 1. The van der Waals surface area contributed by atoms with E-state index >= 15 is 0 Å². The number of pyridine rings is 1. The lowest BCUT2D eigenvalue weighted by molar-refractivity contribution is -0.137. The largest absolute Gasteiger partial charge is 0.492 e. The molecule has 0 spiro atoms. The van der Waals surface area contributed by atoms with Gasteiger partial charge in [-0.05, 0) is 62.5 Å². The predicted molar refractivity (Wildman–Crippen MR) is 165 cm³/mol. The van der Waals surface area contributed by atoms with E-state index in [1.54, 1.807) is 36.8 Å². The number of alkyl halides is 3. The van der Waals surface area contributed by atoms with Crippen LogP contribution in [-0.4, -0.2) is 63.0 Å². The van der Waals surface area contributed by atoms with Crippen molar-refractivity contribution in [2.24, 2.45) is 0 Å². The third kappa shape index (κ3) is 8.17. The van der Waals surface area contributed by atoms with Crippen LogP contribution < -0.4 is 20.7 Å². The number of fused-ring (bicyclic) bond motifs is 1. The zero-order valence-corrected chi connectivity index (χ0v) is 24.7. The van der Waals surface area contributed by atoms with Gasteiger partial charge in [0, 0.05) is 48.5 Å². The highest BCUT2D eigenvalue weighted by Crippen LogP contribution is 2.34. The van der Waals surface area contributed by atoms with Crippen LogP contribution in [0.2, 0.25) is 0 Å². The summed E-state index contributed by atoms with van der Waals surface area (Å²) < 4.78 is 46.4. The number of ether oxygens (including phenoxy) is 1. The molecule has 3 heterocycles. The number of nitrogens with one attached hydrogen (secondary N) is 3. The normalized spacial score (nSPS) is 11.4. The van der Waals surface area contributed by atoms with Crippen LogP contribution in [0.25, 0.3) is 11.0 Å². The summed E-state index contributed by atoms with van der Waals surface area (Å²) in [4.78, 5) is 36.7. The molecule has 0 aliphatic carbocycles. The number of anilines is 4. The maximum absolute atomic E-state index is 13.6. The minimum Gasteiger partial charge on any atom is -0.492 e. The van der Waals surface area contributed by atoms with Gasteiger partial charge < -0.3 is 25.6 Å². The first kappa shape index (κ1) is 31.1. The van der Waals surface area contributed by atoms with E-state index in [9.17, 15) is 18.0 Å². The summed E-state index contributed by atoms with van der Waals surface area (Å²) in [6.07, 6.45) is 1.75. The second kappa shape index (κ2) is 13.5. The second-order valence-corrected chi connectivity index (χ2v) is 10.4. The lowest BCUT2D eigenvalue weighted by atomic mass is 10.1. The zero-order chi connectivity index (χ0) is 32.0. The number of hydrogen-bond acceptors (Lipinski definition) is 10. The Hall–Kier alpha value is -5.37. The van der Waals surface area contributed by atoms with E-state index in [1.165, 1.54) is 12.4 Å². The number of halogens is 3. The summed E-state index contributed by atoms with van der Waals surface area (Å²) in [5.41, 5.74) is 2.46. The van der Waals surface area contributed by atoms with Crippen LogP contribution >= 0.6 is 0 Å². The molecule has 0 fully saturated rings. The van der Waals surface area contributed by atoms with E-state index in [0.29, 0.717) is 41.6 Å². The number of hydrogen-bond donors (Lipinski definition) is 3. The van der Waals surface area contributed by atoms with Gasteiger partial charge in [0.05, 0.1) is 11.8 Å². The Morgan fingerprint density at radius 2 is 1.87 bits per heavy atom. The van der Waals surface area contributed by atoms with Crippen LogP contribution in [0.3, 0.4) is 0 Å². The molecule has 5 rings (SSSR count). The summed E-state index contributed by atoms with van der Waals surface area (Å²) in [7, 11) is 3.65. The van der Waals surface area contributed by atoms with Crippen molar-refractivity contribution in [3.8, 4) is 5.75 Å². The molecule has 0 atom stereocenters. The molecule has 1 amide bonds. The van der Waals surface area contributed by atoms with Gasteiger partial charge in [0.2, 0.25) is 5.95 Å². The van der Waals surface area contributed by atoms with Crippen molar-refractivity contribution < 1.29 is 22.7 Å². The van der Waals surface area contributed by atoms with Gasteiger partial charge in [-0.25, -0.2) is 19.9 Å². The van der Waals surface area contributed by atoms with E-state index < -0.39 is 17.6 Å². The van der Waals surface area contributed by atoms with Crippen LogP contribution in [0, 0.1) is 6.92 Å². The first-order chi connectivity index (χ1) is 21.5. The van der Waals surface area contributed by atoms with Gasteiger partial charge in [0.15, 0.2) is 5.82 Å². The Bertz CT molecular complexity index is 1800. The highest BCUT2D eigenvalue weighted by Gasteiger charge is 2.31. The summed E-state index contributed by atoms with van der Waals surface area (Å²) >= 11 is 0. The lowest BCUT2D eigenvalue weighted by Gasteiger charge is -2.16. The summed E-state index contributed by atoms with van der Waals surface area (Å²) in [6.45, 7) is 2.99. The number of aryl methyl sites for hydroxylation is 1. The third-order valence-corrected chi connectivity index (χ3v) is 6.60. The minimum absolute atomic E-state index is 0.000149. The number of aromatic nitrogens is 5. The molecule has 232 valence electrons. The molecule has 0 aliphatic rings. The first-order valence-corrected chi connectivity index (χ1v) is 13.8. The van der Waals surface area contributed by atoms with E-state index in [1.807, 2.05) is 38.1 Å². The van der Waals surface area contributed by atoms with Crippen molar-refractivity contribution in [3.63, 3.8) is 0 Å². The summed E-state index contributed by atoms with van der Waals surface area (Å²) in [5.74, 6) is 0.138. The number of rotatable bonds is 11. The molecular formula is C31H30F3N9O2. The molecule has 0 aliphatic heterocycles. The standard InChI is InChI=1S/C31H30F3N9O2/c1-19-6-7-21(29(44)40-23-12-22(31(32,33)34)13-24(14-23)45-10-9-43(2)3)11-25(19)41-28-27-26(38-18-39-28)17-37-30(42-27)36-16-20-5-4-8-35-15-20/h4-8,11-15,17-18H,9-10,16H2,1-3H3,(H,40,44)(H,36,37,42)(H,38,39,41). The molecule has 11 nitrogen and oxygen atoms in total. The Morgan fingerprint density at radius 3 is 2.62 bits per heavy atom.